The lowest BCUT2D eigenvalue weighted by atomic mass is 9.91. The van der Waals surface area contributed by atoms with E-state index in [4.69, 9.17) is 4.74 Å². The quantitative estimate of drug-likeness (QED) is 0.855. The molecule has 3 heteroatoms. The van der Waals surface area contributed by atoms with Crippen LogP contribution in [0.15, 0.2) is 48.5 Å². The van der Waals surface area contributed by atoms with Crippen LogP contribution in [0.2, 0.25) is 0 Å². The van der Waals surface area contributed by atoms with Gasteiger partial charge in [-0.1, -0.05) is 49.4 Å². The molecular weight excluding hydrogens is 310 g/mol. The molecule has 0 spiro atoms. The van der Waals surface area contributed by atoms with E-state index in [0.29, 0.717) is 6.54 Å². The second kappa shape index (κ2) is 8.19. The Hall–Kier alpha value is -2.29. The molecule has 0 heterocycles. The minimum absolute atomic E-state index is 0.0591. The van der Waals surface area contributed by atoms with Crippen molar-refractivity contribution in [1.29, 1.82) is 0 Å². The lowest BCUT2D eigenvalue weighted by Crippen LogP contribution is -2.38. The molecule has 1 amide bonds. The summed E-state index contributed by atoms with van der Waals surface area (Å²) in [6.45, 7) is 4.56. The number of fused-ring (bicyclic) bond motifs is 1. The zero-order valence-electron chi connectivity index (χ0n) is 15.1. The van der Waals surface area contributed by atoms with E-state index in [1.807, 2.05) is 37.3 Å². The first-order valence-electron chi connectivity index (χ1n) is 9.25. The topological polar surface area (TPSA) is 38.3 Å². The second-order valence-electron chi connectivity index (χ2n) is 6.92. The number of amides is 1. The summed E-state index contributed by atoms with van der Waals surface area (Å²) in [6, 6.07) is 16.4. The maximum atomic E-state index is 12.4. The van der Waals surface area contributed by atoms with Crippen molar-refractivity contribution in [3.05, 3.63) is 65.2 Å². The van der Waals surface area contributed by atoms with E-state index >= 15 is 0 Å². The fourth-order valence-electron chi connectivity index (χ4n) is 3.40. The van der Waals surface area contributed by atoms with Crippen molar-refractivity contribution in [1.82, 2.24) is 5.32 Å². The Morgan fingerprint density at radius 2 is 1.80 bits per heavy atom. The van der Waals surface area contributed by atoms with Crippen LogP contribution in [0, 0.1) is 0 Å². The smallest absolute Gasteiger partial charge is 0.260 e. The number of ether oxygens (including phenoxy) is 1. The maximum Gasteiger partial charge on any atom is 0.260 e. The van der Waals surface area contributed by atoms with Crippen LogP contribution in [0.1, 0.15) is 49.3 Å². The molecule has 2 atom stereocenters. The molecule has 0 saturated carbocycles. The molecule has 1 aliphatic carbocycles. The third kappa shape index (κ3) is 4.41. The Bertz CT molecular complexity index is 711. The summed E-state index contributed by atoms with van der Waals surface area (Å²) in [5.74, 6) is 1.09. The number of aryl methyl sites for hydroxylation is 1. The van der Waals surface area contributed by atoms with E-state index in [1.165, 1.54) is 29.5 Å². The number of carbonyl (C=O) groups excluding carboxylic acids is 1. The molecule has 3 rings (SSSR count). The summed E-state index contributed by atoms with van der Waals surface area (Å²) >= 11 is 0. The van der Waals surface area contributed by atoms with Crippen molar-refractivity contribution < 1.29 is 9.53 Å². The summed E-state index contributed by atoms with van der Waals surface area (Å²) in [6.07, 6.45) is 4.11. The van der Waals surface area contributed by atoms with Crippen LogP contribution in [-0.2, 0) is 17.6 Å². The minimum Gasteiger partial charge on any atom is -0.481 e. The number of carbonyl (C=O) groups is 1. The van der Waals surface area contributed by atoms with E-state index in [-0.39, 0.29) is 11.8 Å². The summed E-state index contributed by atoms with van der Waals surface area (Å²) < 4.78 is 6.00. The Balaban J connectivity index is 1.56. The van der Waals surface area contributed by atoms with Gasteiger partial charge in [-0.15, -0.1) is 0 Å². The lowest BCUT2D eigenvalue weighted by molar-refractivity contribution is -0.127. The van der Waals surface area contributed by atoms with Gasteiger partial charge in [-0.3, -0.25) is 4.79 Å². The molecule has 0 bridgehead atoms. The van der Waals surface area contributed by atoms with E-state index in [0.717, 1.165) is 18.6 Å². The summed E-state index contributed by atoms with van der Waals surface area (Å²) in [5.41, 5.74) is 3.88. The molecule has 3 nitrogen and oxygen atoms in total. The minimum atomic E-state index is -0.489. The van der Waals surface area contributed by atoms with Crippen LogP contribution in [0.5, 0.6) is 5.75 Å². The highest BCUT2D eigenvalue weighted by molar-refractivity contribution is 5.80. The fraction of sp³-hybridized carbons (Fsp3) is 0.409. The van der Waals surface area contributed by atoms with Gasteiger partial charge in [0.2, 0.25) is 0 Å². The molecule has 25 heavy (non-hydrogen) atoms. The zero-order chi connectivity index (χ0) is 17.6. The van der Waals surface area contributed by atoms with E-state index in [1.54, 1.807) is 0 Å². The highest BCUT2D eigenvalue weighted by Crippen LogP contribution is 2.30. The highest BCUT2D eigenvalue weighted by atomic mass is 16.5. The molecule has 0 saturated heterocycles. The standard InChI is InChI=1S/C22H27NO2/c1-16(18-9-4-3-5-10-18)15-23-22(24)17(2)25-21-14-8-12-19-11-6-7-13-20(19)21/h3-5,8-10,12,14,16-17H,6-7,11,13,15H2,1-2H3,(H,23,24)/t16-,17-/m1/s1. The van der Waals surface area contributed by atoms with Gasteiger partial charge in [0, 0.05) is 6.54 Å². The average molecular weight is 337 g/mol. The van der Waals surface area contributed by atoms with Crippen LogP contribution >= 0.6 is 0 Å². The molecule has 0 aliphatic heterocycles. The first kappa shape index (κ1) is 17.5. The molecule has 0 fully saturated rings. The normalized spacial score (nSPS) is 15.8. The summed E-state index contributed by atoms with van der Waals surface area (Å²) in [4.78, 5) is 12.4. The Labute approximate surface area is 150 Å². The zero-order valence-corrected chi connectivity index (χ0v) is 15.1. The number of benzene rings is 2. The van der Waals surface area contributed by atoms with E-state index in [2.05, 4.69) is 30.4 Å². The van der Waals surface area contributed by atoms with Gasteiger partial charge in [0.05, 0.1) is 0 Å². The first-order valence-corrected chi connectivity index (χ1v) is 9.25. The third-order valence-corrected chi connectivity index (χ3v) is 4.98. The van der Waals surface area contributed by atoms with Gasteiger partial charge in [-0.2, -0.15) is 0 Å². The Morgan fingerprint density at radius 3 is 2.60 bits per heavy atom. The number of hydrogen-bond donors (Lipinski definition) is 1. The second-order valence-corrected chi connectivity index (χ2v) is 6.92. The van der Waals surface area contributed by atoms with Gasteiger partial charge in [-0.25, -0.2) is 0 Å². The molecule has 2 aromatic rings. The number of rotatable bonds is 6. The van der Waals surface area contributed by atoms with Crippen molar-refractivity contribution >= 4 is 5.91 Å². The van der Waals surface area contributed by atoms with Gasteiger partial charge < -0.3 is 10.1 Å². The van der Waals surface area contributed by atoms with E-state index in [9.17, 15) is 4.79 Å². The molecule has 0 radical (unpaired) electrons. The largest absolute Gasteiger partial charge is 0.481 e. The monoisotopic (exact) mass is 337 g/mol. The highest BCUT2D eigenvalue weighted by Gasteiger charge is 2.19. The van der Waals surface area contributed by atoms with Crippen molar-refractivity contribution in [2.45, 2.75) is 51.6 Å². The van der Waals surface area contributed by atoms with Crippen molar-refractivity contribution in [2.75, 3.05) is 6.54 Å². The van der Waals surface area contributed by atoms with Crippen LogP contribution in [0.3, 0.4) is 0 Å². The molecule has 2 aromatic carbocycles. The molecule has 0 unspecified atom stereocenters. The van der Waals surface area contributed by atoms with Crippen LogP contribution < -0.4 is 10.1 Å². The van der Waals surface area contributed by atoms with E-state index < -0.39 is 6.10 Å². The van der Waals surface area contributed by atoms with Crippen LogP contribution in [0.25, 0.3) is 0 Å². The SMILES string of the molecule is C[C@H](CNC(=O)[C@@H](C)Oc1cccc2c1CCCC2)c1ccccc1. The molecule has 1 N–H and O–H groups in total. The van der Waals surface area contributed by atoms with Gasteiger partial charge in [0.25, 0.3) is 5.91 Å². The molecule has 0 aromatic heterocycles. The molecule has 132 valence electrons. The van der Waals surface area contributed by atoms with Crippen LogP contribution in [-0.4, -0.2) is 18.6 Å². The molecule has 1 aliphatic rings. The van der Waals surface area contributed by atoms with Crippen LogP contribution in [0.4, 0.5) is 0 Å². The summed E-state index contributed by atoms with van der Waals surface area (Å²) in [7, 11) is 0. The third-order valence-electron chi connectivity index (χ3n) is 4.98. The van der Waals surface area contributed by atoms with Gasteiger partial charge in [0.1, 0.15) is 5.75 Å². The van der Waals surface area contributed by atoms with Gasteiger partial charge in [-0.05, 0) is 61.3 Å². The fourth-order valence-corrected chi connectivity index (χ4v) is 3.40. The average Bonchev–Trinajstić information content (AvgIpc) is 2.66. The lowest BCUT2D eigenvalue weighted by Gasteiger charge is -2.22. The van der Waals surface area contributed by atoms with Crippen molar-refractivity contribution in [3.63, 3.8) is 0 Å². The Kier molecular flexibility index (Phi) is 5.75. The van der Waals surface area contributed by atoms with Gasteiger partial charge in [0.15, 0.2) is 6.10 Å². The summed E-state index contributed by atoms with van der Waals surface area (Å²) in [5, 5.41) is 3.02. The Morgan fingerprint density at radius 1 is 1.04 bits per heavy atom. The predicted octanol–water partition coefficient (Wildman–Crippen LogP) is 4.25. The first-order chi connectivity index (χ1) is 12.1. The maximum absolute atomic E-state index is 12.4. The molecular formula is C22H27NO2. The number of nitrogens with one attached hydrogen (secondary N) is 1. The van der Waals surface area contributed by atoms with Crippen molar-refractivity contribution in [2.24, 2.45) is 0 Å². The predicted molar refractivity (Wildman–Crippen MR) is 101 cm³/mol. The van der Waals surface area contributed by atoms with Gasteiger partial charge >= 0.3 is 0 Å². The van der Waals surface area contributed by atoms with Crippen molar-refractivity contribution in [3.8, 4) is 5.75 Å². The number of hydrogen-bond acceptors (Lipinski definition) is 2.